The molecule has 0 fully saturated rings. The normalized spacial score (nSPS) is 11.9. The fourth-order valence-electron chi connectivity index (χ4n) is 4.02. The molecule has 0 bridgehead atoms. The van der Waals surface area contributed by atoms with E-state index in [0.29, 0.717) is 40.6 Å². The summed E-state index contributed by atoms with van der Waals surface area (Å²) in [6.07, 6.45) is 1.74. The molecule has 0 radical (unpaired) electrons. The number of rotatable bonds is 7. The first-order chi connectivity index (χ1) is 17.9. The molecule has 188 valence electrons. The van der Waals surface area contributed by atoms with Gasteiger partial charge in [0.15, 0.2) is 11.5 Å². The first-order valence-electron chi connectivity index (χ1n) is 11.8. The van der Waals surface area contributed by atoms with Gasteiger partial charge in [-0.1, -0.05) is 36.4 Å². The van der Waals surface area contributed by atoms with Crippen molar-refractivity contribution >= 4 is 17.8 Å². The topological polar surface area (TPSA) is 85.7 Å². The van der Waals surface area contributed by atoms with E-state index in [2.05, 4.69) is 10.3 Å². The van der Waals surface area contributed by atoms with Crippen LogP contribution in [0, 0.1) is 12.7 Å². The van der Waals surface area contributed by atoms with Gasteiger partial charge in [-0.2, -0.15) is 0 Å². The van der Waals surface area contributed by atoms with Gasteiger partial charge in [0.1, 0.15) is 12.4 Å². The van der Waals surface area contributed by atoms with Gasteiger partial charge in [-0.05, 0) is 49.7 Å². The number of anilines is 1. The Morgan fingerprint density at radius 3 is 2.59 bits per heavy atom. The lowest BCUT2D eigenvalue weighted by molar-refractivity contribution is -0.116. The fraction of sp³-hybridized carbons (Fsp3) is 0.179. The summed E-state index contributed by atoms with van der Waals surface area (Å²) < 4.78 is 26.6. The van der Waals surface area contributed by atoms with E-state index in [9.17, 15) is 14.0 Å². The SMILES string of the molecule is CCN(CC(=O)Nc1nc(-c2ccccc2)cn1-c1ccc(C)c(F)c1)C(=O)c1ccc2c(c1)OCO2. The summed E-state index contributed by atoms with van der Waals surface area (Å²) in [5.41, 5.74) is 2.87. The Balaban J connectivity index is 1.39. The number of nitrogens with one attached hydrogen (secondary N) is 1. The van der Waals surface area contributed by atoms with Crippen LogP contribution in [-0.4, -0.2) is 46.1 Å². The Kier molecular flexibility index (Phi) is 6.59. The molecule has 9 heteroatoms. The van der Waals surface area contributed by atoms with Crippen molar-refractivity contribution < 1.29 is 23.5 Å². The lowest BCUT2D eigenvalue weighted by Crippen LogP contribution is -2.38. The summed E-state index contributed by atoms with van der Waals surface area (Å²) in [5, 5.41) is 2.80. The van der Waals surface area contributed by atoms with Crippen molar-refractivity contribution in [3.8, 4) is 28.4 Å². The number of fused-ring (bicyclic) bond motifs is 1. The van der Waals surface area contributed by atoms with Crippen LogP contribution in [0.25, 0.3) is 16.9 Å². The average Bonchev–Trinajstić information content (AvgIpc) is 3.56. The maximum absolute atomic E-state index is 14.4. The van der Waals surface area contributed by atoms with Crippen molar-refractivity contribution in [2.75, 3.05) is 25.2 Å². The van der Waals surface area contributed by atoms with Gasteiger partial charge in [-0.25, -0.2) is 9.37 Å². The number of halogens is 1. The molecule has 0 saturated carbocycles. The van der Waals surface area contributed by atoms with Crippen LogP contribution in [0.15, 0.2) is 72.9 Å². The number of amides is 2. The van der Waals surface area contributed by atoms with Crippen LogP contribution >= 0.6 is 0 Å². The second kappa shape index (κ2) is 10.1. The Morgan fingerprint density at radius 2 is 1.84 bits per heavy atom. The minimum atomic E-state index is -0.435. The zero-order chi connectivity index (χ0) is 25.9. The van der Waals surface area contributed by atoms with E-state index in [1.807, 2.05) is 30.3 Å². The van der Waals surface area contributed by atoms with Gasteiger partial charge >= 0.3 is 0 Å². The molecule has 0 aliphatic carbocycles. The molecule has 4 aromatic rings. The summed E-state index contributed by atoms with van der Waals surface area (Å²) >= 11 is 0. The predicted octanol–water partition coefficient (Wildman–Crippen LogP) is 4.82. The number of ether oxygens (including phenoxy) is 2. The standard InChI is InChI=1S/C28H25FN4O4/c1-3-32(27(35)20-10-12-24-25(13-20)37-17-36-24)16-26(34)31-28-30-23(19-7-5-4-6-8-19)15-33(28)21-11-9-18(2)22(29)14-21/h4-15H,3,16-17H2,1-2H3,(H,30,31,34). The smallest absolute Gasteiger partial charge is 0.254 e. The van der Waals surface area contributed by atoms with Crippen LogP contribution in [0.1, 0.15) is 22.8 Å². The number of hydrogen-bond acceptors (Lipinski definition) is 5. The highest BCUT2D eigenvalue weighted by molar-refractivity contribution is 5.99. The number of likely N-dealkylation sites (N-methyl/N-ethyl adjacent to an activating group) is 1. The molecule has 0 saturated heterocycles. The van der Waals surface area contributed by atoms with Gasteiger partial charge in [-0.3, -0.25) is 19.5 Å². The molecule has 2 amide bonds. The highest BCUT2D eigenvalue weighted by atomic mass is 19.1. The maximum Gasteiger partial charge on any atom is 0.254 e. The number of imidazole rings is 1. The average molecular weight is 501 g/mol. The molecule has 1 aliphatic heterocycles. The van der Waals surface area contributed by atoms with Crippen molar-refractivity contribution in [3.63, 3.8) is 0 Å². The summed E-state index contributed by atoms with van der Waals surface area (Å²) in [7, 11) is 0. The number of carbonyl (C=O) groups is 2. The number of nitrogens with zero attached hydrogens (tertiary/aromatic N) is 3. The maximum atomic E-state index is 14.4. The minimum absolute atomic E-state index is 0.107. The number of carbonyl (C=O) groups excluding carboxylic acids is 2. The van der Waals surface area contributed by atoms with Crippen molar-refractivity contribution in [2.24, 2.45) is 0 Å². The lowest BCUT2D eigenvalue weighted by Gasteiger charge is -2.20. The van der Waals surface area contributed by atoms with Crippen LogP contribution < -0.4 is 14.8 Å². The zero-order valence-corrected chi connectivity index (χ0v) is 20.4. The molecule has 37 heavy (non-hydrogen) atoms. The molecule has 1 aromatic heterocycles. The number of aryl methyl sites for hydroxylation is 1. The van der Waals surface area contributed by atoms with E-state index in [-0.39, 0.29) is 31.0 Å². The van der Waals surface area contributed by atoms with Gasteiger partial charge < -0.3 is 14.4 Å². The Labute approximate surface area is 213 Å². The van der Waals surface area contributed by atoms with E-state index < -0.39 is 5.91 Å². The van der Waals surface area contributed by atoms with Crippen LogP contribution in [0.4, 0.5) is 10.3 Å². The predicted molar refractivity (Wildman–Crippen MR) is 136 cm³/mol. The van der Waals surface area contributed by atoms with Gasteiger partial charge in [0, 0.05) is 23.9 Å². The molecule has 0 unspecified atom stereocenters. The molecular formula is C28H25FN4O4. The molecule has 1 N–H and O–H groups in total. The number of aromatic nitrogens is 2. The van der Waals surface area contributed by atoms with E-state index in [1.165, 1.54) is 11.0 Å². The first kappa shape index (κ1) is 24.1. The molecule has 8 nitrogen and oxygen atoms in total. The second-order valence-corrected chi connectivity index (χ2v) is 8.55. The highest BCUT2D eigenvalue weighted by Crippen LogP contribution is 2.33. The third-order valence-corrected chi connectivity index (χ3v) is 6.08. The van der Waals surface area contributed by atoms with Crippen molar-refractivity contribution in [1.29, 1.82) is 0 Å². The molecule has 2 heterocycles. The van der Waals surface area contributed by atoms with Crippen molar-refractivity contribution in [3.05, 3.63) is 89.9 Å². The van der Waals surface area contributed by atoms with Gasteiger partial charge in [0.25, 0.3) is 5.91 Å². The molecule has 5 rings (SSSR count). The number of benzene rings is 3. The summed E-state index contributed by atoms with van der Waals surface area (Å²) in [6, 6.07) is 19.2. The summed E-state index contributed by atoms with van der Waals surface area (Å²) in [6.45, 7) is 3.70. The Morgan fingerprint density at radius 1 is 1.05 bits per heavy atom. The van der Waals surface area contributed by atoms with E-state index in [0.717, 1.165) is 5.56 Å². The third-order valence-electron chi connectivity index (χ3n) is 6.08. The van der Waals surface area contributed by atoms with Crippen LogP contribution in [-0.2, 0) is 4.79 Å². The number of hydrogen-bond donors (Lipinski definition) is 1. The molecule has 3 aromatic carbocycles. The van der Waals surface area contributed by atoms with Crippen molar-refractivity contribution in [2.45, 2.75) is 13.8 Å². The molecule has 1 aliphatic rings. The molecular weight excluding hydrogens is 475 g/mol. The highest BCUT2D eigenvalue weighted by Gasteiger charge is 2.22. The first-order valence-corrected chi connectivity index (χ1v) is 11.8. The quantitative estimate of drug-likeness (QED) is 0.393. The largest absolute Gasteiger partial charge is 0.454 e. The van der Waals surface area contributed by atoms with Gasteiger partial charge in [-0.15, -0.1) is 0 Å². The van der Waals surface area contributed by atoms with E-state index in [4.69, 9.17) is 9.47 Å². The molecule has 0 spiro atoms. The van der Waals surface area contributed by atoms with Crippen LogP contribution in [0.3, 0.4) is 0 Å². The summed E-state index contributed by atoms with van der Waals surface area (Å²) in [4.78, 5) is 32.2. The Hall–Kier alpha value is -4.66. The summed E-state index contributed by atoms with van der Waals surface area (Å²) in [5.74, 6) is 0.174. The van der Waals surface area contributed by atoms with Crippen molar-refractivity contribution in [1.82, 2.24) is 14.5 Å². The second-order valence-electron chi connectivity index (χ2n) is 8.55. The monoisotopic (exact) mass is 500 g/mol. The van der Waals surface area contributed by atoms with Crippen LogP contribution in [0.2, 0.25) is 0 Å². The lowest BCUT2D eigenvalue weighted by atomic mass is 10.1. The third kappa shape index (κ3) is 5.02. The van der Waals surface area contributed by atoms with Gasteiger partial charge in [0.2, 0.25) is 18.6 Å². The fourth-order valence-corrected chi connectivity index (χ4v) is 4.02. The van der Waals surface area contributed by atoms with E-state index >= 15 is 0 Å². The molecule has 0 atom stereocenters. The van der Waals surface area contributed by atoms with Crippen LogP contribution in [0.5, 0.6) is 11.5 Å². The minimum Gasteiger partial charge on any atom is -0.454 e. The van der Waals surface area contributed by atoms with E-state index in [1.54, 1.807) is 54.9 Å². The van der Waals surface area contributed by atoms with Gasteiger partial charge in [0.05, 0.1) is 11.4 Å². The Bertz CT molecular complexity index is 1470. The zero-order valence-electron chi connectivity index (χ0n) is 20.4.